The van der Waals surface area contributed by atoms with Gasteiger partial charge in [-0.3, -0.25) is 9.59 Å². The first-order valence-corrected chi connectivity index (χ1v) is 7.04. The second-order valence-corrected chi connectivity index (χ2v) is 5.58. The monoisotopic (exact) mass is 282 g/mol. The van der Waals surface area contributed by atoms with E-state index in [0.717, 1.165) is 34.1 Å². The number of cyclic esters (lactones) is 2. The van der Waals surface area contributed by atoms with E-state index in [1.165, 1.54) is 0 Å². The van der Waals surface area contributed by atoms with Crippen LogP contribution in [0.25, 0.3) is 10.8 Å². The molecule has 4 nitrogen and oxygen atoms in total. The molecule has 106 valence electrons. The number of hydrogen-bond acceptors (Lipinski definition) is 4. The first kappa shape index (κ1) is 12.4. The molecule has 1 aliphatic carbocycles. The van der Waals surface area contributed by atoms with Crippen molar-refractivity contribution in [2.24, 2.45) is 5.92 Å². The Hall–Kier alpha value is -2.36. The lowest BCUT2D eigenvalue weighted by molar-refractivity contribution is -0.153. The molecular weight excluding hydrogens is 268 g/mol. The maximum atomic E-state index is 12.0. The summed E-state index contributed by atoms with van der Waals surface area (Å²) in [4.78, 5) is 23.7. The molecule has 0 bridgehead atoms. The van der Waals surface area contributed by atoms with Crippen LogP contribution in [-0.4, -0.2) is 19.0 Å². The molecule has 0 amide bonds. The average molecular weight is 282 g/mol. The molecule has 21 heavy (non-hydrogen) atoms. The molecule has 4 rings (SSSR count). The minimum absolute atomic E-state index is 0.305. The van der Waals surface area contributed by atoms with Crippen LogP contribution in [0, 0.1) is 5.92 Å². The number of hydrogen-bond donors (Lipinski definition) is 0. The fourth-order valence-electron chi connectivity index (χ4n) is 3.55. The molecule has 1 aliphatic heterocycles. The topological polar surface area (TPSA) is 52.6 Å². The molecule has 0 saturated carbocycles. The third kappa shape index (κ3) is 1.68. The smallest absolute Gasteiger partial charge is 0.321 e. The van der Waals surface area contributed by atoms with Crippen molar-refractivity contribution in [3.05, 3.63) is 41.5 Å². The van der Waals surface area contributed by atoms with Crippen LogP contribution >= 0.6 is 0 Å². The Morgan fingerprint density at radius 2 is 2.00 bits per heavy atom. The Kier molecular flexibility index (Phi) is 2.55. The van der Waals surface area contributed by atoms with Gasteiger partial charge in [-0.1, -0.05) is 18.2 Å². The quantitative estimate of drug-likeness (QED) is 0.596. The van der Waals surface area contributed by atoms with E-state index in [2.05, 4.69) is 0 Å². The summed E-state index contributed by atoms with van der Waals surface area (Å²) < 4.78 is 10.1. The third-order valence-electron chi connectivity index (χ3n) is 4.58. The molecule has 1 heterocycles. The Morgan fingerprint density at radius 1 is 1.14 bits per heavy atom. The van der Waals surface area contributed by atoms with Gasteiger partial charge in [-0.2, -0.15) is 0 Å². The fourth-order valence-corrected chi connectivity index (χ4v) is 3.55. The molecule has 0 unspecified atom stereocenters. The molecule has 1 fully saturated rings. The largest absolute Gasteiger partial charge is 0.497 e. The summed E-state index contributed by atoms with van der Waals surface area (Å²) in [7, 11) is 1.64. The highest BCUT2D eigenvalue weighted by Crippen LogP contribution is 2.44. The standard InChI is InChI=1S/C17H14O4/c1-20-10-3-5-11-9(8-10)2-4-13-12(11)6-7-14-15(13)17(19)21-16(14)18/h2-5,8,14-15H,6-7H2,1H3/t14-,15-/m0/s1. The van der Waals surface area contributed by atoms with Crippen molar-refractivity contribution in [3.8, 4) is 5.75 Å². The van der Waals surface area contributed by atoms with Gasteiger partial charge in [0.2, 0.25) is 0 Å². The first-order valence-electron chi connectivity index (χ1n) is 7.04. The molecule has 4 heteroatoms. The Morgan fingerprint density at radius 3 is 2.81 bits per heavy atom. The van der Waals surface area contributed by atoms with Crippen molar-refractivity contribution in [1.29, 1.82) is 0 Å². The van der Waals surface area contributed by atoms with E-state index in [9.17, 15) is 9.59 Å². The van der Waals surface area contributed by atoms with E-state index >= 15 is 0 Å². The van der Waals surface area contributed by atoms with Crippen molar-refractivity contribution in [1.82, 2.24) is 0 Å². The van der Waals surface area contributed by atoms with Crippen LogP contribution in [0.5, 0.6) is 5.75 Å². The number of esters is 2. The summed E-state index contributed by atoms with van der Waals surface area (Å²) >= 11 is 0. The van der Waals surface area contributed by atoms with Gasteiger partial charge in [0.05, 0.1) is 18.9 Å². The number of methoxy groups -OCH3 is 1. The first-order chi connectivity index (χ1) is 10.2. The molecular formula is C17H14O4. The molecule has 2 aromatic carbocycles. The lowest BCUT2D eigenvalue weighted by atomic mass is 9.75. The summed E-state index contributed by atoms with van der Waals surface area (Å²) in [5, 5.41) is 2.21. The van der Waals surface area contributed by atoms with Crippen molar-refractivity contribution in [2.45, 2.75) is 18.8 Å². The second kappa shape index (κ2) is 4.32. The third-order valence-corrected chi connectivity index (χ3v) is 4.58. The zero-order valence-electron chi connectivity index (χ0n) is 11.6. The zero-order chi connectivity index (χ0) is 14.6. The van der Waals surface area contributed by atoms with Gasteiger partial charge in [0.15, 0.2) is 0 Å². The summed E-state index contributed by atoms with van der Waals surface area (Å²) in [5.74, 6) is -0.690. The molecule has 0 aromatic heterocycles. The fraction of sp³-hybridized carbons (Fsp3) is 0.294. The minimum Gasteiger partial charge on any atom is -0.497 e. The Bertz CT molecular complexity index is 778. The molecule has 2 aliphatic rings. The van der Waals surface area contributed by atoms with Crippen LogP contribution in [0.3, 0.4) is 0 Å². The van der Waals surface area contributed by atoms with Crippen LogP contribution in [0.2, 0.25) is 0 Å². The molecule has 0 spiro atoms. The number of rotatable bonds is 1. The van der Waals surface area contributed by atoms with Crippen molar-refractivity contribution < 1.29 is 19.1 Å². The lowest BCUT2D eigenvalue weighted by Gasteiger charge is -2.25. The minimum atomic E-state index is -0.423. The number of aryl methyl sites for hydroxylation is 1. The predicted octanol–water partition coefficient (Wildman–Crippen LogP) is 2.58. The van der Waals surface area contributed by atoms with Gasteiger partial charge in [-0.15, -0.1) is 0 Å². The van der Waals surface area contributed by atoms with E-state index in [-0.39, 0.29) is 11.9 Å². The van der Waals surface area contributed by atoms with Gasteiger partial charge in [0.25, 0.3) is 0 Å². The molecule has 0 radical (unpaired) electrons. The van der Waals surface area contributed by atoms with E-state index in [1.54, 1.807) is 7.11 Å². The van der Waals surface area contributed by atoms with E-state index in [4.69, 9.17) is 9.47 Å². The summed E-state index contributed by atoms with van der Waals surface area (Å²) in [5.41, 5.74) is 2.10. The number of carbonyl (C=O) groups excluding carboxylic acids is 2. The van der Waals surface area contributed by atoms with Crippen LogP contribution in [0.4, 0.5) is 0 Å². The maximum absolute atomic E-state index is 12.0. The maximum Gasteiger partial charge on any atom is 0.321 e. The highest BCUT2D eigenvalue weighted by atomic mass is 16.6. The van der Waals surface area contributed by atoms with Gasteiger partial charge >= 0.3 is 11.9 Å². The van der Waals surface area contributed by atoms with Gasteiger partial charge in [-0.25, -0.2) is 0 Å². The number of ether oxygens (including phenoxy) is 2. The molecule has 2 atom stereocenters. The summed E-state index contributed by atoms with van der Waals surface area (Å²) in [6.07, 6.45) is 1.47. The van der Waals surface area contributed by atoms with Gasteiger partial charge < -0.3 is 9.47 Å². The zero-order valence-corrected chi connectivity index (χ0v) is 11.6. The van der Waals surface area contributed by atoms with Crippen LogP contribution in [0.1, 0.15) is 23.5 Å². The van der Waals surface area contributed by atoms with Crippen LogP contribution in [0.15, 0.2) is 30.3 Å². The number of benzene rings is 2. The van der Waals surface area contributed by atoms with Crippen molar-refractivity contribution >= 4 is 22.7 Å². The molecule has 2 aromatic rings. The normalized spacial score (nSPS) is 23.7. The van der Waals surface area contributed by atoms with E-state index in [1.807, 2.05) is 30.3 Å². The SMILES string of the molecule is COc1ccc2c3c(ccc2c1)[C@@H]1C(=O)OC(=O)[C@H]1CC3. The lowest BCUT2D eigenvalue weighted by Crippen LogP contribution is -2.23. The number of carbonyl (C=O) groups is 2. The Labute approximate surface area is 121 Å². The van der Waals surface area contributed by atoms with Gasteiger partial charge in [0, 0.05) is 0 Å². The highest BCUT2D eigenvalue weighted by molar-refractivity contribution is 6.01. The van der Waals surface area contributed by atoms with Crippen LogP contribution < -0.4 is 4.74 Å². The molecule has 1 saturated heterocycles. The van der Waals surface area contributed by atoms with Gasteiger partial charge in [-0.05, 0) is 46.9 Å². The van der Waals surface area contributed by atoms with Gasteiger partial charge in [0.1, 0.15) is 5.75 Å². The number of fused-ring (bicyclic) bond motifs is 5. The predicted molar refractivity (Wildman–Crippen MR) is 76.2 cm³/mol. The van der Waals surface area contributed by atoms with Crippen molar-refractivity contribution in [2.75, 3.05) is 7.11 Å². The highest BCUT2D eigenvalue weighted by Gasteiger charge is 2.47. The second-order valence-electron chi connectivity index (χ2n) is 5.58. The van der Waals surface area contributed by atoms with Crippen molar-refractivity contribution in [3.63, 3.8) is 0 Å². The summed E-state index contributed by atoms with van der Waals surface area (Å²) in [6, 6.07) is 9.87. The van der Waals surface area contributed by atoms with E-state index < -0.39 is 11.9 Å². The van der Waals surface area contributed by atoms with Crippen LogP contribution in [-0.2, 0) is 20.7 Å². The summed E-state index contributed by atoms with van der Waals surface area (Å²) in [6.45, 7) is 0. The Balaban J connectivity index is 1.92. The average Bonchev–Trinajstić information content (AvgIpc) is 2.81. The van der Waals surface area contributed by atoms with E-state index in [0.29, 0.717) is 6.42 Å². The molecule has 0 N–H and O–H groups in total.